The Hall–Kier alpha value is -2.38. The van der Waals surface area contributed by atoms with Crippen molar-refractivity contribution < 1.29 is 24.2 Å². The fourth-order valence-electron chi connectivity index (χ4n) is 2.84. The average Bonchev–Trinajstić information content (AvgIpc) is 2.67. The first-order valence-electron chi connectivity index (χ1n) is 10.1. The molecule has 170 valence electrons. The number of carbonyl (C=O) groups excluding carboxylic acids is 1. The lowest BCUT2D eigenvalue weighted by atomic mass is 9.90. The second-order valence-electron chi connectivity index (χ2n) is 8.84. The van der Waals surface area contributed by atoms with Gasteiger partial charge in [-0.3, -0.25) is 9.59 Å². The molecule has 1 heterocycles. The number of rotatable bonds is 10. The molecule has 6 nitrogen and oxygen atoms in total. The SMILES string of the molecule is CC(=O)O[C@H](C)c1ccc2ccc(/C=C/[C@@](C)(COCCS(C)(C)C)C(=O)O)cc2n1. The predicted octanol–water partition coefficient (Wildman–Crippen LogP) is 4.67. The molecule has 1 N–H and O–H groups in total. The number of ether oxygens (including phenoxy) is 2. The summed E-state index contributed by atoms with van der Waals surface area (Å²) in [4.78, 5) is 27.7. The Morgan fingerprint density at radius 1 is 1.23 bits per heavy atom. The van der Waals surface area contributed by atoms with Crippen molar-refractivity contribution in [3.05, 3.63) is 47.7 Å². The number of esters is 1. The third-order valence-electron chi connectivity index (χ3n) is 4.87. The van der Waals surface area contributed by atoms with Crippen LogP contribution in [0.1, 0.15) is 38.1 Å². The highest BCUT2D eigenvalue weighted by Gasteiger charge is 2.30. The molecule has 1 aromatic heterocycles. The molecule has 0 aliphatic carbocycles. The van der Waals surface area contributed by atoms with Gasteiger partial charge in [0.15, 0.2) is 0 Å². The van der Waals surface area contributed by atoms with Gasteiger partial charge in [0, 0.05) is 18.1 Å². The Balaban J connectivity index is 2.18. The Morgan fingerprint density at radius 2 is 1.90 bits per heavy atom. The Labute approximate surface area is 186 Å². The van der Waals surface area contributed by atoms with E-state index < -0.39 is 27.5 Å². The maximum atomic E-state index is 11.9. The summed E-state index contributed by atoms with van der Waals surface area (Å²) in [5.74, 6) is -0.343. The van der Waals surface area contributed by atoms with E-state index in [0.717, 1.165) is 22.2 Å². The van der Waals surface area contributed by atoms with Crippen LogP contribution in [0.25, 0.3) is 17.0 Å². The highest BCUT2D eigenvalue weighted by molar-refractivity contribution is 8.32. The van der Waals surface area contributed by atoms with Crippen molar-refractivity contribution in [1.82, 2.24) is 4.98 Å². The topological polar surface area (TPSA) is 85.7 Å². The number of fused-ring (bicyclic) bond motifs is 1. The van der Waals surface area contributed by atoms with E-state index in [-0.39, 0.29) is 12.6 Å². The lowest BCUT2D eigenvalue weighted by molar-refractivity contribution is -0.148. The Bertz CT molecular complexity index is 966. The summed E-state index contributed by atoms with van der Waals surface area (Å²) in [6.07, 6.45) is 9.64. The number of aliphatic carboxylic acids is 1. The number of pyridine rings is 1. The van der Waals surface area contributed by atoms with Gasteiger partial charge < -0.3 is 14.6 Å². The number of aromatic nitrogens is 1. The number of hydrogen-bond donors (Lipinski definition) is 1. The van der Waals surface area contributed by atoms with Crippen molar-refractivity contribution in [2.45, 2.75) is 26.9 Å². The second-order valence-corrected chi connectivity index (χ2v) is 13.4. The molecule has 0 bridgehead atoms. The van der Waals surface area contributed by atoms with Crippen molar-refractivity contribution in [1.29, 1.82) is 0 Å². The summed E-state index contributed by atoms with van der Waals surface area (Å²) < 4.78 is 10.9. The van der Waals surface area contributed by atoms with Gasteiger partial charge in [-0.2, -0.15) is 0 Å². The summed E-state index contributed by atoms with van der Waals surface area (Å²) >= 11 is 0. The van der Waals surface area contributed by atoms with Gasteiger partial charge in [-0.05, 0) is 50.3 Å². The lowest BCUT2D eigenvalue weighted by Gasteiger charge is -2.26. The molecule has 0 aliphatic rings. The van der Waals surface area contributed by atoms with Crippen LogP contribution in [-0.4, -0.2) is 59.8 Å². The molecule has 0 amide bonds. The Kier molecular flexibility index (Phi) is 8.26. The maximum absolute atomic E-state index is 11.9. The lowest BCUT2D eigenvalue weighted by Crippen LogP contribution is -2.31. The van der Waals surface area contributed by atoms with E-state index in [1.807, 2.05) is 30.3 Å². The van der Waals surface area contributed by atoms with Crippen molar-refractivity contribution >= 4 is 38.9 Å². The standard InChI is InChI=1S/C24H33NO5S/c1-17(30-18(2)26)21-10-9-20-8-7-19(15-22(20)25-21)11-12-24(3,23(27)28)16-29-13-14-31(4,5)6/h7-12,15,17H,13-14,16H2,1-6H3,(H,27,28)/b12-11+/t17-,24+/m1/s1. The minimum Gasteiger partial charge on any atom is -0.481 e. The molecular weight excluding hydrogens is 414 g/mol. The molecule has 0 radical (unpaired) electrons. The zero-order valence-corrected chi connectivity index (χ0v) is 20.0. The second kappa shape index (κ2) is 10.3. The molecule has 31 heavy (non-hydrogen) atoms. The third-order valence-corrected chi connectivity index (χ3v) is 6.26. The van der Waals surface area contributed by atoms with Crippen LogP contribution in [0.15, 0.2) is 36.4 Å². The van der Waals surface area contributed by atoms with Crippen LogP contribution in [0.3, 0.4) is 0 Å². The number of carboxylic acids is 1. The summed E-state index contributed by atoms with van der Waals surface area (Å²) in [6.45, 7) is 5.48. The van der Waals surface area contributed by atoms with Crippen molar-refractivity contribution in [2.75, 3.05) is 37.7 Å². The largest absolute Gasteiger partial charge is 0.481 e. The predicted molar refractivity (Wildman–Crippen MR) is 128 cm³/mol. The molecule has 2 aromatic rings. The molecule has 2 atom stereocenters. The molecule has 0 aliphatic heterocycles. The van der Waals surface area contributed by atoms with Gasteiger partial charge in [-0.1, -0.05) is 30.4 Å². The summed E-state index contributed by atoms with van der Waals surface area (Å²) in [5, 5.41) is 10.7. The fraction of sp³-hybridized carbons (Fsp3) is 0.458. The van der Waals surface area contributed by atoms with Crippen LogP contribution in [0.5, 0.6) is 0 Å². The number of nitrogens with zero attached hydrogens (tertiary/aromatic N) is 1. The van der Waals surface area contributed by atoms with Crippen LogP contribution in [-0.2, 0) is 19.1 Å². The molecule has 2 rings (SSSR count). The van der Waals surface area contributed by atoms with Crippen LogP contribution in [0.2, 0.25) is 0 Å². The monoisotopic (exact) mass is 447 g/mol. The number of carboxylic acid groups (broad SMARTS) is 1. The summed E-state index contributed by atoms with van der Waals surface area (Å²) in [5.41, 5.74) is 1.12. The molecule has 0 saturated carbocycles. The van der Waals surface area contributed by atoms with E-state index in [1.54, 1.807) is 26.0 Å². The zero-order chi connectivity index (χ0) is 23.2. The van der Waals surface area contributed by atoms with Gasteiger partial charge in [0.25, 0.3) is 0 Å². The van der Waals surface area contributed by atoms with Crippen LogP contribution in [0, 0.1) is 5.41 Å². The number of hydrogen-bond acceptors (Lipinski definition) is 5. The molecule has 0 fully saturated rings. The van der Waals surface area contributed by atoms with Crippen LogP contribution in [0.4, 0.5) is 0 Å². The zero-order valence-electron chi connectivity index (χ0n) is 19.2. The molecule has 0 saturated heterocycles. The molecule has 0 spiro atoms. The Morgan fingerprint density at radius 3 is 2.52 bits per heavy atom. The normalized spacial score (nSPS) is 15.5. The highest BCUT2D eigenvalue weighted by Crippen LogP contribution is 2.34. The molecule has 1 aromatic carbocycles. The highest BCUT2D eigenvalue weighted by atomic mass is 32.3. The van der Waals surface area contributed by atoms with Gasteiger partial charge in [0.1, 0.15) is 11.5 Å². The summed E-state index contributed by atoms with van der Waals surface area (Å²) in [6, 6.07) is 9.51. The van der Waals surface area contributed by atoms with E-state index in [4.69, 9.17) is 9.47 Å². The maximum Gasteiger partial charge on any atom is 0.315 e. The van der Waals surface area contributed by atoms with E-state index in [0.29, 0.717) is 12.3 Å². The minimum absolute atomic E-state index is 0.115. The van der Waals surface area contributed by atoms with Gasteiger partial charge in [0.2, 0.25) is 0 Å². The van der Waals surface area contributed by atoms with Gasteiger partial charge >= 0.3 is 11.9 Å². The number of benzene rings is 1. The average molecular weight is 448 g/mol. The van der Waals surface area contributed by atoms with E-state index >= 15 is 0 Å². The van der Waals surface area contributed by atoms with Crippen LogP contribution >= 0.6 is 10.0 Å². The first-order valence-corrected chi connectivity index (χ1v) is 13.2. The van der Waals surface area contributed by atoms with Crippen molar-refractivity contribution in [3.8, 4) is 0 Å². The van der Waals surface area contributed by atoms with E-state index in [1.165, 1.54) is 6.92 Å². The third kappa shape index (κ3) is 7.67. The quantitative estimate of drug-likeness (QED) is 0.421. The molecule has 7 heteroatoms. The molecule has 0 unspecified atom stereocenters. The number of carbonyl (C=O) groups is 2. The van der Waals surface area contributed by atoms with E-state index in [2.05, 4.69) is 23.8 Å². The van der Waals surface area contributed by atoms with Crippen LogP contribution < -0.4 is 0 Å². The van der Waals surface area contributed by atoms with Crippen molar-refractivity contribution in [2.24, 2.45) is 5.41 Å². The van der Waals surface area contributed by atoms with Gasteiger partial charge in [0.05, 0.1) is 24.4 Å². The van der Waals surface area contributed by atoms with Gasteiger partial charge in [-0.15, -0.1) is 0 Å². The first kappa shape index (κ1) is 24.9. The molecular formula is C24H33NO5S. The van der Waals surface area contributed by atoms with Gasteiger partial charge in [-0.25, -0.2) is 15.0 Å². The minimum atomic E-state index is -1.12. The smallest absolute Gasteiger partial charge is 0.315 e. The fourth-order valence-corrected chi connectivity index (χ4v) is 3.46. The van der Waals surface area contributed by atoms with E-state index in [9.17, 15) is 14.7 Å². The summed E-state index contributed by atoms with van der Waals surface area (Å²) in [7, 11) is -0.680. The first-order chi connectivity index (χ1) is 14.4. The van der Waals surface area contributed by atoms with Crippen molar-refractivity contribution in [3.63, 3.8) is 0 Å².